The Hall–Kier alpha value is -2.63. The van der Waals surface area contributed by atoms with E-state index in [0.29, 0.717) is 19.3 Å². The molecule has 0 aliphatic heterocycles. The Morgan fingerprint density at radius 2 is 0.582 bits per heavy atom. The fourth-order valence-electron chi connectivity index (χ4n) is 8.49. The lowest BCUT2D eigenvalue weighted by molar-refractivity contribution is -0.167. The largest absolute Gasteiger partial charge is 0.462 e. The molecule has 1 atom stereocenters. The molecular formula is C61H110O6. The summed E-state index contributed by atoms with van der Waals surface area (Å²) in [7, 11) is 0. The number of carbonyl (C=O) groups excluding carboxylic acids is 3. The first-order chi connectivity index (χ1) is 33.0. The van der Waals surface area contributed by atoms with Crippen molar-refractivity contribution in [2.24, 2.45) is 0 Å². The molecule has 0 aromatic carbocycles. The summed E-state index contributed by atoms with van der Waals surface area (Å²) in [5.74, 6) is -0.866. The Kier molecular flexibility index (Phi) is 53.8. The Bertz CT molecular complexity index is 1170. The molecule has 0 fully saturated rings. The average molecular weight is 940 g/mol. The van der Waals surface area contributed by atoms with E-state index < -0.39 is 6.10 Å². The lowest BCUT2D eigenvalue weighted by Crippen LogP contribution is -2.30. The van der Waals surface area contributed by atoms with Crippen LogP contribution in [0.5, 0.6) is 0 Å². The van der Waals surface area contributed by atoms with Crippen LogP contribution in [0.1, 0.15) is 303 Å². The van der Waals surface area contributed by atoms with Crippen molar-refractivity contribution in [3.05, 3.63) is 48.6 Å². The van der Waals surface area contributed by atoms with E-state index in [1.807, 2.05) is 0 Å². The molecule has 0 heterocycles. The lowest BCUT2D eigenvalue weighted by atomic mass is 10.0. The highest BCUT2D eigenvalue weighted by Crippen LogP contribution is 2.17. The predicted molar refractivity (Wildman–Crippen MR) is 289 cm³/mol. The topological polar surface area (TPSA) is 78.9 Å². The smallest absolute Gasteiger partial charge is 0.306 e. The minimum Gasteiger partial charge on any atom is -0.462 e. The van der Waals surface area contributed by atoms with Crippen LogP contribution in [-0.2, 0) is 28.6 Å². The number of hydrogen-bond acceptors (Lipinski definition) is 6. The molecule has 0 bridgehead atoms. The maximum Gasteiger partial charge on any atom is 0.306 e. The molecule has 1 unspecified atom stereocenters. The molecule has 67 heavy (non-hydrogen) atoms. The standard InChI is InChI=1S/C61H110O6/c1-4-7-10-13-16-19-21-23-25-27-29-30-32-33-35-37-39-42-45-48-51-54-60(63)66-57-58(56-65-59(62)53-50-47-44-41-18-15-12-9-6-3)67-61(64)55-52-49-46-43-40-38-36-34-31-28-26-24-22-20-17-14-11-8-5-2/h7,10,16,19,23,25,29-30,58H,4-6,8-9,11-15,17-18,20-22,24,26-28,31-57H2,1-3H3/b10-7-,19-16-,25-23-,30-29-. The molecule has 0 rings (SSSR count). The summed E-state index contributed by atoms with van der Waals surface area (Å²) >= 11 is 0. The second-order valence-corrected chi connectivity index (χ2v) is 19.5. The molecule has 0 saturated carbocycles. The van der Waals surface area contributed by atoms with Gasteiger partial charge >= 0.3 is 17.9 Å². The highest BCUT2D eigenvalue weighted by Gasteiger charge is 2.19. The third kappa shape index (κ3) is 54.2. The van der Waals surface area contributed by atoms with Gasteiger partial charge in [0.2, 0.25) is 0 Å². The van der Waals surface area contributed by atoms with Gasteiger partial charge in [0.05, 0.1) is 0 Å². The summed E-state index contributed by atoms with van der Waals surface area (Å²) in [6, 6.07) is 0. The van der Waals surface area contributed by atoms with Crippen LogP contribution in [0.3, 0.4) is 0 Å². The monoisotopic (exact) mass is 939 g/mol. The fourth-order valence-corrected chi connectivity index (χ4v) is 8.49. The summed E-state index contributed by atoms with van der Waals surface area (Å²) in [5.41, 5.74) is 0. The van der Waals surface area contributed by atoms with Crippen molar-refractivity contribution < 1.29 is 28.6 Å². The number of esters is 3. The van der Waals surface area contributed by atoms with Crippen LogP contribution < -0.4 is 0 Å². The maximum absolute atomic E-state index is 12.8. The zero-order valence-electron chi connectivity index (χ0n) is 44.7. The van der Waals surface area contributed by atoms with Crippen molar-refractivity contribution in [2.75, 3.05) is 13.2 Å². The molecule has 0 aromatic rings. The molecule has 0 radical (unpaired) electrons. The van der Waals surface area contributed by atoms with Crippen LogP contribution in [0.2, 0.25) is 0 Å². The number of hydrogen-bond donors (Lipinski definition) is 0. The second-order valence-electron chi connectivity index (χ2n) is 19.5. The zero-order valence-corrected chi connectivity index (χ0v) is 44.7. The van der Waals surface area contributed by atoms with Crippen molar-refractivity contribution in [3.8, 4) is 0 Å². The van der Waals surface area contributed by atoms with E-state index >= 15 is 0 Å². The van der Waals surface area contributed by atoms with Gasteiger partial charge in [-0.3, -0.25) is 14.4 Å². The van der Waals surface area contributed by atoms with Crippen molar-refractivity contribution >= 4 is 17.9 Å². The summed E-state index contributed by atoms with van der Waals surface area (Å²) in [4.78, 5) is 38.1. The van der Waals surface area contributed by atoms with Gasteiger partial charge in [-0.15, -0.1) is 0 Å². The highest BCUT2D eigenvalue weighted by atomic mass is 16.6. The predicted octanol–water partition coefficient (Wildman–Crippen LogP) is 19.4. The van der Waals surface area contributed by atoms with Gasteiger partial charge in [-0.05, 0) is 57.8 Å². The minimum atomic E-state index is -0.772. The highest BCUT2D eigenvalue weighted by molar-refractivity contribution is 5.71. The van der Waals surface area contributed by atoms with Gasteiger partial charge in [-0.2, -0.15) is 0 Å². The molecule has 0 aliphatic carbocycles. The van der Waals surface area contributed by atoms with Gasteiger partial charge in [0.25, 0.3) is 0 Å². The first kappa shape index (κ1) is 64.4. The fraction of sp³-hybridized carbons (Fsp3) is 0.820. The molecule has 390 valence electrons. The first-order valence-corrected chi connectivity index (χ1v) is 29.1. The zero-order chi connectivity index (χ0) is 48.6. The van der Waals surface area contributed by atoms with Gasteiger partial charge in [0.1, 0.15) is 13.2 Å². The molecular weight excluding hydrogens is 829 g/mol. The van der Waals surface area contributed by atoms with Crippen molar-refractivity contribution in [1.82, 2.24) is 0 Å². The normalized spacial score (nSPS) is 12.3. The van der Waals surface area contributed by atoms with Crippen LogP contribution in [-0.4, -0.2) is 37.2 Å². The second kappa shape index (κ2) is 56.0. The van der Waals surface area contributed by atoms with E-state index in [1.165, 1.54) is 173 Å². The van der Waals surface area contributed by atoms with E-state index in [2.05, 4.69) is 69.4 Å². The summed E-state index contributed by atoms with van der Waals surface area (Å²) in [6.45, 7) is 6.54. The van der Waals surface area contributed by atoms with E-state index in [4.69, 9.17) is 14.2 Å². The molecule has 0 saturated heterocycles. The summed E-state index contributed by atoms with van der Waals surface area (Å²) in [6.07, 6.45) is 68.3. The minimum absolute atomic E-state index is 0.0715. The Labute approximate surface area is 416 Å². The third-order valence-corrected chi connectivity index (χ3v) is 12.8. The van der Waals surface area contributed by atoms with Gasteiger partial charge in [-0.25, -0.2) is 0 Å². The molecule has 6 heteroatoms. The molecule has 0 aliphatic rings. The quantitative estimate of drug-likeness (QED) is 0.0262. The summed E-state index contributed by atoms with van der Waals surface area (Å²) in [5, 5.41) is 0. The third-order valence-electron chi connectivity index (χ3n) is 12.8. The van der Waals surface area contributed by atoms with Gasteiger partial charge < -0.3 is 14.2 Å². The number of unbranched alkanes of at least 4 members (excludes halogenated alkanes) is 34. The number of carbonyl (C=O) groups is 3. The van der Waals surface area contributed by atoms with Gasteiger partial charge in [-0.1, -0.05) is 275 Å². The molecule has 0 spiro atoms. The van der Waals surface area contributed by atoms with E-state index in [9.17, 15) is 14.4 Å². The molecule has 0 N–H and O–H groups in total. The van der Waals surface area contributed by atoms with E-state index in [0.717, 1.165) is 89.9 Å². The molecule has 0 aromatic heterocycles. The Morgan fingerprint density at radius 3 is 0.910 bits per heavy atom. The molecule has 6 nitrogen and oxygen atoms in total. The van der Waals surface area contributed by atoms with Gasteiger partial charge in [0, 0.05) is 19.3 Å². The average Bonchev–Trinajstić information content (AvgIpc) is 3.33. The van der Waals surface area contributed by atoms with Crippen LogP contribution in [0.4, 0.5) is 0 Å². The lowest BCUT2D eigenvalue weighted by Gasteiger charge is -2.18. The van der Waals surface area contributed by atoms with Crippen molar-refractivity contribution in [2.45, 2.75) is 309 Å². The number of rotatable bonds is 53. The SMILES string of the molecule is CC/C=C\C/C=C\C/C=C\C/C=C\CCCCCCCCCCC(=O)OCC(COC(=O)CCCCCCCCCCC)OC(=O)CCCCCCCCCCCCCCCCCCCCC. The van der Waals surface area contributed by atoms with Crippen LogP contribution in [0.15, 0.2) is 48.6 Å². The first-order valence-electron chi connectivity index (χ1n) is 29.1. The van der Waals surface area contributed by atoms with E-state index in [1.54, 1.807) is 0 Å². The molecule has 0 amide bonds. The van der Waals surface area contributed by atoms with E-state index in [-0.39, 0.29) is 31.1 Å². The van der Waals surface area contributed by atoms with Crippen molar-refractivity contribution in [1.29, 1.82) is 0 Å². The van der Waals surface area contributed by atoms with Crippen LogP contribution in [0, 0.1) is 0 Å². The number of allylic oxidation sites excluding steroid dienone is 8. The van der Waals surface area contributed by atoms with Gasteiger partial charge in [0.15, 0.2) is 6.10 Å². The van der Waals surface area contributed by atoms with Crippen LogP contribution >= 0.6 is 0 Å². The summed E-state index contributed by atoms with van der Waals surface area (Å²) < 4.78 is 16.8. The Morgan fingerprint density at radius 1 is 0.313 bits per heavy atom. The Balaban J connectivity index is 4.25. The van der Waals surface area contributed by atoms with Crippen molar-refractivity contribution in [3.63, 3.8) is 0 Å². The number of ether oxygens (including phenoxy) is 3. The maximum atomic E-state index is 12.8. The van der Waals surface area contributed by atoms with Crippen LogP contribution in [0.25, 0.3) is 0 Å².